The lowest BCUT2D eigenvalue weighted by Gasteiger charge is -2.08. The number of hydrogen-bond acceptors (Lipinski definition) is 1. The van der Waals surface area contributed by atoms with Crippen molar-refractivity contribution in [3.05, 3.63) is 59.2 Å². The molecule has 0 N–H and O–H groups in total. The first-order valence-electron chi connectivity index (χ1n) is 7.44. The van der Waals surface area contributed by atoms with Crippen LogP contribution >= 0.6 is 0 Å². The van der Waals surface area contributed by atoms with Gasteiger partial charge in [0.25, 0.3) is 0 Å². The third kappa shape index (κ3) is 2.53. The van der Waals surface area contributed by atoms with Crippen LogP contribution in [0, 0.1) is 0 Å². The number of carbonyl (C=O) groups is 1. The Kier molecular flexibility index (Phi) is 3.68. The molecule has 0 bridgehead atoms. The number of ketones is 1. The molecule has 1 heteroatoms. The van der Waals surface area contributed by atoms with Crippen LogP contribution in [0.15, 0.2) is 42.5 Å². The minimum atomic E-state index is 0.302. The van der Waals surface area contributed by atoms with Gasteiger partial charge in [-0.1, -0.05) is 42.5 Å². The Morgan fingerprint density at radius 2 is 1.80 bits per heavy atom. The van der Waals surface area contributed by atoms with E-state index in [1.54, 1.807) is 6.92 Å². The molecule has 3 rings (SSSR count). The third-order valence-electron chi connectivity index (χ3n) is 4.17. The Labute approximate surface area is 120 Å². The number of benzene rings is 2. The zero-order chi connectivity index (χ0) is 13.9. The van der Waals surface area contributed by atoms with Crippen molar-refractivity contribution in [3.63, 3.8) is 0 Å². The fraction of sp³-hybridized carbons (Fsp3) is 0.316. The van der Waals surface area contributed by atoms with E-state index in [9.17, 15) is 4.79 Å². The molecule has 20 heavy (non-hydrogen) atoms. The molecule has 0 heterocycles. The Bertz CT molecular complexity index is 640. The molecule has 1 nitrogen and oxygen atoms in total. The summed E-state index contributed by atoms with van der Waals surface area (Å²) in [5, 5.41) is 0. The number of aryl methyl sites for hydroxylation is 1. The molecular formula is C19H20O. The van der Waals surface area contributed by atoms with Gasteiger partial charge in [-0.25, -0.2) is 0 Å². The van der Waals surface area contributed by atoms with Crippen molar-refractivity contribution in [2.45, 2.75) is 39.0 Å². The average molecular weight is 264 g/mol. The molecule has 0 fully saturated rings. The van der Waals surface area contributed by atoms with Crippen molar-refractivity contribution in [3.8, 4) is 11.1 Å². The van der Waals surface area contributed by atoms with Gasteiger partial charge in [-0.3, -0.25) is 0 Å². The zero-order valence-electron chi connectivity index (χ0n) is 12.0. The Balaban J connectivity index is 1.77. The van der Waals surface area contributed by atoms with Crippen LogP contribution in [-0.4, -0.2) is 5.78 Å². The molecule has 1 aliphatic carbocycles. The highest BCUT2D eigenvalue weighted by Crippen LogP contribution is 2.38. The highest BCUT2D eigenvalue weighted by Gasteiger charge is 2.19. The van der Waals surface area contributed by atoms with Crippen LogP contribution in [0.5, 0.6) is 0 Å². The summed E-state index contributed by atoms with van der Waals surface area (Å²) in [5.41, 5.74) is 7.20. The van der Waals surface area contributed by atoms with Gasteiger partial charge in [-0.15, -0.1) is 0 Å². The van der Waals surface area contributed by atoms with Gasteiger partial charge in [0.05, 0.1) is 0 Å². The average Bonchev–Trinajstić information content (AvgIpc) is 2.83. The van der Waals surface area contributed by atoms with E-state index in [1.165, 1.54) is 27.8 Å². The van der Waals surface area contributed by atoms with Crippen LogP contribution in [0.1, 0.15) is 42.9 Å². The topological polar surface area (TPSA) is 17.1 Å². The highest BCUT2D eigenvalue weighted by atomic mass is 16.1. The van der Waals surface area contributed by atoms with Crippen LogP contribution in [0.25, 0.3) is 11.1 Å². The minimum Gasteiger partial charge on any atom is -0.300 e. The van der Waals surface area contributed by atoms with Crippen LogP contribution in [-0.2, 0) is 17.6 Å². The largest absolute Gasteiger partial charge is 0.300 e. The maximum Gasteiger partial charge on any atom is 0.129 e. The van der Waals surface area contributed by atoms with Gasteiger partial charge in [0.15, 0.2) is 0 Å². The van der Waals surface area contributed by atoms with Crippen LogP contribution in [0.2, 0.25) is 0 Å². The quantitative estimate of drug-likeness (QED) is 0.617. The number of carbonyl (C=O) groups excluding carboxylic acids is 1. The van der Waals surface area contributed by atoms with Crippen molar-refractivity contribution in [2.75, 3.05) is 0 Å². The van der Waals surface area contributed by atoms with Crippen molar-refractivity contribution in [1.29, 1.82) is 0 Å². The number of hydrogen-bond donors (Lipinski definition) is 0. The van der Waals surface area contributed by atoms with E-state index in [-0.39, 0.29) is 0 Å². The molecule has 1 aliphatic rings. The fourth-order valence-corrected chi connectivity index (χ4v) is 3.15. The molecule has 0 amide bonds. The maximum atomic E-state index is 11.0. The minimum absolute atomic E-state index is 0.302. The van der Waals surface area contributed by atoms with Gasteiger partial charge < -0.3 is 4.79 Å². The Morgan fingerprint density at radius 1 is 1.00 bits per heavy atom. The molecule has 2 aromatic carbocycles. The number of rotatable bonds is 5. The van der Waals surface area contributed by atoms with E-state index in [0.717, 1.165) is 32.1 Å². The molecule has 0 unspecified atom stereocenters. The monoisotopic (exact) mass is 264 g/mol. The summed E-state index contributed by atoms with van der Waals surface area (Å²) in [4.78, 5) is 11.0. The molecule has 2 aromatic rings. The van der Waals surface area contributed by atoms with E-state index < -0.39 is 0 Å². The van der Waals surface area contributed by atoms with Gasteiger partial charge in [0, 0.05) is 6.42 Å². The summed E-state index contributed by atoms with van der Waals surface area (Å²) < 4.78 is 0. The van der Waals surface area contributed by atoms with Gasteiger partial charge in [-0.2, -0.15) is 0 Å². The second-order valence-electron chi connectivity index (χ2n) is 5.69. The molecular weight excluding hydrogens is 244 g/mol. The molecule has 0 aliphatic heterocycles. The fourth-order valence-electron chi connectivity index (χ4n) is 3.15. The zero-order valence-corrected chi connectivity index (χ0v) is 12.0. The summed E-state index contributed by atoms with van der Waals surface area (Å²) in [6.07, 6.45) is 4.98. The second-order valence-corrected chi connectivity index (χ2v) is 5.69. The Hall–Kier alpha value is -1.89. The van der Waals surface area contributed by atoms with E-state index >= 15 is 0 Å². The highest BCUT2D eigenvalue weighted by molar-refractivity contribution is 5.78. The summed E-state index contributed by atoms with van der Waals surface area (Å²) >= 11 is 0. The molecule has 0 aromatic heterocycles. The lowest BCUT2D eigenvalue weighted by Crippen LogP contribution is -1.95. The van der Waals surface area contributed by atoms with Gasteiger partial charge in [0.2, 0.25) is 0 Å². The number of fused-ring (bicyclic) bond motifs is 3. The Morgan fingerprint density at radius 3 is 2.65 bits per heavy atom. The van der Waals surface area contributed by atoms with Crippen LogP contribution in [0.4, 0.5) is 0 Å². The predicted octanol–water partition coefficient (Wildman–Crippen LogP) is 4.56. The number of Topliss-reactive ketones (excluding diaryl/α,β-unsaturated/α-hetero) is 1. The molecule has 0 atom stereocenters. The van der Waals surface area contributed by atoms with Crippen LogP contribution in [0.3, 0.4) is 0 Å². The first-order chi connectivity index (χ1) is 9.75. The van der Waals surface area contributed by atoms with Crippen molar-refractivity contribution in [2.24, 2.45) is 0 Å². The summed E-state index contributed by atoms with van der Waals surface area (Å²) in [6.45, 7) is 1.68. The predicted molar refractivity (Wildman–Crippen MR) is 82.9 cm³/mol. The lowest BCUT2D eigenvalue weighted by atomic mass is 9.97. The van der Waals surface area contributed by atoms with Crippen molar-refractivity contribution < 1.29 is 4.79 Å². The van der Waals surface area contributed by atoms with Crippen LogP contribution < -0.4 is 0 Å². The standard InChI is InChI=1S/C19H20O/c1-14(20)7-2-3-8-15-10-6-12-18-17-11-5-4-9-16(17)13-19(15)18/h4-6,9-12H,2-3,7-8,13H2,1H3. The van der Waals surface area contributed by atoms with Crippen molar-refractivity contribution in [1.82, 2.24) is 0 Å². The molecule has 0 saturated carbocycles. The van der Waals surface area contributed by atoms with Crippen molar-refractivity contribution >= 4 is 5.78 Å². The van der Waals surface area contributed by atoms with E-state index in [0.29, 0.717) is 5.78 Å². The van der Waals surface area contributed by atoms with Gasteiger partial charge in [-0.05, 0) is 60.4 Å². The summed E-state index contributed by atoms with van der Waals surface area (Å²) in [5.74, 6) is 0.302. The molecule has 102 valence electrons. The SMILES string of the molecule is CC(=O)CCCCc1cccc2c1Cc1ccccc1-2. The first kappa shape index (κ1) is 13.1. The first-order valence-corrected chi connectivity index (χ1v) is 7.44. The molecule has 0 saturated heterocycles. The third-order valence-corrected chi connectivity index (χ3v) is 4.17. The second kappa shape index (κ2) is 5.62. The van der Waals surface area contributed by atoms with E-state index in [1.807, 2.05) is 0 Å². The normalized spacial score (nSPS) is 12.1. The summed E-state index contributed by atoms with van der Waals surface area (Å²) in [7, 11) is 0. The molecule has 0 radical (unpaired) electrons. The number of unbranched alkanes of at least 4 members (excludes halogenated alkanes) is 1. The molecule has 0 spiro atoms. The van der Waals surface area contributed by atoms with E-state index in [4.69, 9.17) is 0 Å². The van der Waals surface area contributed by atoms with Gasteiger partial charge in [0.1, 0.15) is 5.78 Å². The van der Waals surface area contributed by atoms with E-state index in [2.05, 4.69) is 42.5 Å². The smallest absolute Gasteiger partial charge is 0.129 e. The summed E-state index contributed by atoms with van der Waals surface area (Å²) in [6, 6.07) is 15.3. The van der Waals surface area contributed by atoms with Gasteiger partial charge >= 0.3 is 0 Å². The lowest BCUT2D eigenvalue weighted by molar-refractivity contribution is -0.117. The maximum absolute atomic E-state index is 11.0.